The van der Waals surface area contributed by atoms with Crippen LogP contribution in [0.4, 0.5) is 4.39 Å². The summed E-state index contributed by atoms with van der Waals surface area (Å²) in [6.45, 7) is 0. The molecule has 0 fully saturated rings. The molecule has 4 nitrogen and oxygen atoms in total. The predicted molar refractivity (Wildman–Crippen MR) is 108 cm³/mol. The van der Waals surface area contributed by atoms with Gasteiger partial charge >= 0.3 is 0 Å². The molecule has 1 aliphatic rings. The number of hydrogen-bond acceptors (Lipinski definition) is 4. The summed E-state index contributed by atoms with van der Waals surface area (Å²) in [4.78, 5) is 0.107. The van der Waals surface area contributed by atoms with Crippen LogP contribution in [0, 0.1) is 5.82 Å². The van der Waals surface area contributed by atoms with E-state index >= 15 is 0 Å². The van der Waals surface area contributed by atoms with Crippen LogP contribution in [0.3, 0.4) is 0 Å². The third-order valence-corrected chi connectivity index (χ3v) is 6.33. The summed E-state index contributed by atoms with van der Waals surface area (Å²) in [6, 6.07) is 22.9. The quantitative estimate of drug-likeness (QED) is 0.380. The summed E-state index contributed by atoms with van der Waals surface area (Å²) in [6.07, 6.45) is 0.194. The third kappa shape index (κ3) is 3.64. The fourth-order valence-corrected chi connectivity index (χ4v) is 4.63. The van der Waals surface area contributed by atoms with Crippen LogP contribution in [-0.4, -0.2) is 25.6 Å². The second kappa shape index (κ2) is 7.48. The van der Waals surface area contributed by atoms with Gasteiger partial charge in [0.1, 0.15) is 11.5 Å². The first kappa shape index (κ1) is 18.3. The van der Waals surface area contributed by atoms with Crippen LogP contribution in [0.25, 0.3) is 0 Å². The van der Waals surface area contributed by atoms with Crippen molar-refractivity contribution >= 4 is 21.3 Å². The normalized spacial score (nSPS) is 16.4. The van der Waals surface area contributed by atoms with Crippen molar-refractivity contribution in [1.82, 2.24) is 0 Å². The standard InChI is InChI=1S/C22H17FN2O2S/c23-18-11-12-21-19(15-18)20(13-14-28(21,26)27)24-25-22(16-7-3-1-4-8-16)17-9-5-2-6-10-17/h1-12,15H,13-14H2/b24-20-. The first-order valence-corrected chi connectivity index (χ1v) is 10.5. The first-order chi connectivity index (χ1) is 13.5. The molecule has 0 atom stereocenters. The van der Waals surface area contributed by atoms with Crippen LogP contribution in [0.2, 0.25) is 0 Å². The highest BCUT2D eigenvalue weighted by atomic mass is 32.2. The zero-order chi connectivity index (χ0) is 19.6. The number of fused-ring (bicyclic) bond motifs is 1. The number of sulfone groups is 1. The Morgan fingerprint density at radius 1 is 0.857 bits per heavy atom. The highest BCUT2D eigenvalue weighted by Crippen LogP contribution is 2.26. The molecule has 1 aliphatic heterocycles. The number of nitrogens with zero attached hydrogens (tertiary/aromatic N) is 2. The molecule has 3 aromatic rings. The molecule has 0 amide bonds. The summed E-state index contributed by atoms with van der Waals surface area (Å²) in [5, 5.41) is 8.81. The van der Waals surface area contributed by atoms with E-state index in [0.29, 0.717) is 11.4 Å². The largest absolute Gasteiger partial charge is 0.224 e. The van der Waals surface area contributed by atoms with E-state index in [9.17, 15) is 12.8 Å². The second-order valence-corrected chi connectivity index (χ2v) is 8.51. The van der Waals surface area contributed by atoms with Gasteiger partial charge in [0.15, 0.2) is 9.84 Å². The molecule has 6 heteroatoms. The predicted octanol–water partition coefficient (Wildman–Crippen LogP) is 4.24. The third-order valence-electron chi connectivity index (χ3n) is 4.56. The maximum absolute atomic E-state index is 13.8. The van der Waals surface area contributed by atoms with Crippen molar-refractivity contribution in [2.45, 2.75) is 11.3 Å². The maximum Gasteiger partial charge on any atom is 0.179 e. The lowest BCUT2D eigenvalue weighted by atomic mass is 10.0. The lowest BCUT2D eigenvalue weighted by Gasteiger charge is -2.17. The zero-order valence-corrected chi connectivity index (χ0v) is 15.7. The van der Waals surface area contributed by atoms with Gasteiger partial charge in [0.25, 0.3) is 0 Å². The van der Waals surface area contributed by atoms with Gasteiger partial charge in [0, 0.05) is 23.1 Å². The molecule has 3 aromatic carbocycles. The van der Waals surface area contributed by atoms with Crippen LogP contribution in [0.1, 0.15) is 23.1 Å². The van der Waals surface area contributed by atoms with E-state index in [1.807, 2.05) is 60.7 Å². The van der Waals surface area contributed by atoms with Crippen molar-refractivity contribution in [2.24, 2.45) is 10.2 Å². The molecule has 0 radical (unpaired) electrons. The molecule has 1 heterocycles. The summed E-state index contributed by atoms with van der Waals surface area (Å²) in [5.74, 6) is -0.565. The Bertz CT molecular complexity index is 1130. The topological polar surface area (TPSA) is 58.9 Å². The molecule has 0 saturated heterocycles. The summed E-state index contributed by atoms with van der Waals surface area (Å²) in [5.41, 5.74) is 3.20. The fraction of sp³-hybridized carbons (Fsp3) is 0.0909. The first-order valence-electron chi connectivity index (χ1n) is 8.83. The van der Waals surface area contributed by atoms with Crippen molar-refractivity contribution in [3.05, 3.63) is 101 Å². The molecular formula is C22H17FN2O2S. The Labute approximate surface area is 163 Å². The molecular weight excluding hydrogens is 375 g/mol. The van der Waals surface area contributed by atoms with Gasteiger partial charge in [-0.25, -0.2) is 12.8 Å². The molecule has 0 spiro atoms. The highest BCUT2D eigenvalue weighted by Gasteiger charge is 2.28. The van der Waals surface area contributed by atoms with Crippen LogP contribution < -0.4 is 0 Å². The molecule has 4 rings (SSSR count). The second-order valence-electron chi connectivity index (χ2n) is 6.44. The van der Waals surface area contributed by atoms with Crippen LogP contribution in [-0.2, 0) is 9.84 Å². The monoisotopic (exact) mass is 392 g/mol. The minimum absolute atomic E-state index is 0.0635. The van der Waals surface area contributed by atoms with Gasteiger partial charge in [-0.15, -0.1) is 5.10 Å². The minimum atomic E-state index is -3.43. The van der Waals surface area contributed by atoms with E-state index in [-0.39, 0.29) is 22.6 Å². The Morgan fingerprint density at radius 3 is 2.07 bits per heavy atom. The van der Waals surface area contributed by atoms with Gasteiger partial charge in [0.2, 0.25) is 0 Å². The lowest BCUT2D eigenvalue weighted by molar-refractivity contribution is 0.592. The van der Waals surface area contributed by atoms with E-state index in [1.54, 1.807) is 0 Å². The van der Waals surface area contributed by atoms with E-state index in [4.69, 9.17) is 0 Å². The van der Waals surface area contributed by atoms with E-state index in [0.717, 1.165) is 17.2 Å². The van der Waals surface area contributed by atoms with Gasteiger partial charge < -0.3 is 0 Å². The molecule has 0 N–H and O–H groups in total. The average molecular weight is 392 g/mol. The number of benzene rings is 3. The Hall–Kier alpha value is -3.12. The van der Waals surface area contributed by atoms with Gasteiger partial charge in [-0.05, 0) is 18.2 Å². The molecule has 0 bridgehead atoms. The summed E-state index contributed by atoms with van der Waals surface area (Å²) in [7, 11) is -3.43. The van der Waals surface area contributed by atoms with Crippen molar-refractivity contribution in [3.8, 4) is 0 Å². The Balaban J connectivity index is 1.85. The number of halogens is 1. The van der Waals surface area contributed by atoms with E-state index in [2.05, 4.69) is 10.2 Å². The summed E-state index contributed by atoms with van der Waals surface area (Å²) >= 11 is 0. The van der Waals surface area contributed by atoms with Gasteiger partial charge in [-0.3, -0.25) is 0 Å². The number of rotatable bonds is 3. The molecule has 0 aliphatic carbocycles. The summed E-state index contributed by atoms with van der Waals surface area (Å²) < 4.78 is 38.4. The molecule has 28 heavy (non-hydrogen) atoms. The molecule has 0 unspecified atom stereocenters. The van der Waals surface area contributed by atoms with E-state index in [1.165, 1.54) is 12.1 Å². The molecule has 140 valence electrons. The van der Waals surface area contributed by atoms with Crippen molar-refractivity contribution in [1.29, 1.82) is 0 Å². The Kier molecular flexibility index (Phi) is 4.88. The molecule has 0 aromatic heterocycles. The van der Waals surface area contributed by atoms with Crippen molar-refractivity contribution in [3.63, 3.8) is 0 Å². The van der Waals surface area contributed by atoms with Gasteiger partial charge in [0.05, 0.1) is 16.4 Å². The van der Waals surface area contributed by atoms with Crippen LogP contribution in [0.5, 0.6) is 0 Å². The molecule has 0 saturated carbocycles. The van der Waals surface area contributed by atoms with Crippen LogP contribution >= 0.6 is 0 Å². The zero-order valence-electron chi connectivity index (χ0n) is 14.9. The van der Waals surface area contributed by atoms with Gasteiger partial charge in [-0.1, -0.05) is 60.7 Å². The van der Waals surface area contributed by atoms with Crippen molar-refractivity contribution < 1.29 is 12.8 Å². The maximum atomic E-state index is 13.8. The van der Waals surface area contributed by atoms with Crippen LogP contribution in [0.15, 0.2) is 94.0 Å². The SMILES string of the molecule is O=S1(=O)CC/C(=N/N=C(c2ccccc2)c2ccccc2)c2cc(F)ccc21. The van der Waals surface area contributed by atoms with Gasteiger partial charge in [-0.2, -0.15) is 5.10 Å². The fourth-order valence-electron chi connectivity index (χ4n) is 3.16. The lowest BCUT2D eigenvalue weighted by Crippen LogP contribution is -2.22. The smallest absolute Gasteiger partial charge is 0.179 e. The highest BCUT2D eigenvalue weighted by molar-refractivity contribution is 7.91. The Morgan fingerprint density at radius 2 is 1.46 bits per heavy atom. The van der Waals surface area contributed by atoms with Crippen molar-refractivity contribution in [2.75, 3.05) is 5.75 Å². The van der Waals surface area contributed by atoms with E-state index < -0.39 is 15.7 Å². The number of hydrogen-bond donors (Lipinski definition) is 0. The average Bonchev–Trinajstić information content (AvgIpc) is 2.71. The minimum Gasteiger partial charge on any atom is -0.224 e.